The number of benzene rings is 1. The lowest BCUT2D eigenvalue weighted by Gasteiger charge is -2.16. The average Bonchev–Trinajstić information content (AvgIpc) is 3.28. The summed E-state index contributed by atoms with van der Waals surface area (Å²) >= 11 is 0. The number of fused-ring (bicyclic) bond motifs is 2. The molecule has 7 heteroatoms. The monoisotopic (exact) mass is 337 g/mol. The summed E-state index contributed by atoms with van der Waals surface area (Å²) in [4.78, 5) is 4.57. The molecular weight excluding hydrogens is 318 g/mol. The molecule has 0 radical (unpaired) electrons. The number of hydrogen-bond acceptors (Lipinski definition) is 6. The zero-order valence-electron chi connectivity index (χ0n) is 13.9. The van der Waals surface area contributed by atoms with E-state index in [-0.39, 0.29) is 0 Å². The molecule has 25 heavy (non-hydrogen) atoms. The molecule has 128 valence electrons. The molecule has 7 nitrogen and oxygen atoms in total. The molecule has 2 aromatic heterocycles. The summed E-state index contributed by atoms with van der Waals surface area (Å²) in [6.07, 6.45) is 4.49. The normalized spacial score (nSPS) is 16.2. The molecule has 0 atom stereocenters. The van der Waals surface area contributed by atoms with Crippen molar-refractivity contribution in [1.29, 1.82) is 0 Å². The number of nitrogens with zero attached hydrogens (tertiary/aromatic N) is 4. The van der Waals surface area contributed by atoms with Crippen LogP contribution >= 0.6 is 0 Å². The molecule has 2 aliphatic rings. The first-order chi connectivity index (χ1) is 12.4. The Balaban J connectivity index is 1.39. The smallest absolute Gasteiger partial charge is 0.231 e. The fraction of sp³-hybridized carbons (Fsp3) is 0.389. The second kappa shape index (κ2) is 6.00. The van der Waals surface area contributed by atoms with Crippen LogP contribution in [0.4, 0.5) is 5.82 Å². The first kappa shape index (κ1) is 14.7. The second-order valence-electron chi connectivity index (χ2n) is 6.50. The Bertz CT molecular complexity index is 914. The van der Waals surface area contributed by atoms with Crippen LogP contribution in [0.5, 0.6) is 0 Å². The van der Waals surface area contributed by atoms with Crippen molar-refractivity contribution >= 4 is 5.82 Å². The van der Waals surface area contributed by atoms with Crippen molar-refractivity contribution in [2.24, 2.45) is 0 Å². The van der Waals surface area contributed by atoms with Gasteiger partial charge in [-0.1, -0.05) is 23.4 Å². The van der Waals surface area contributed by atoms with Crippen molar-refractivity contribution in [1.82, 2.24) is 19.9 Å². The average molecular weight is 337 g/mol. The molecule has 5 rings (SSSR count). The van der Waals surface area contributed by atoms with Crippen molar-refractivity contribution in [2.75, 3.05) is 18.5 Å². The SMILES string of the molecule is c1cc2c(cc1Cc1nc(-c3cnn4c3NCCC4)no1)COCC2. The van der Waals surface area contributed by atoms with E-state index in [1.165, 1.54) is 11.1 Å². The molecule has 1 aromatic carbocycles. The summed E-state index contributed by atoms with van der Waals surface area (Å²) < 4.78 is 13.0. The van der Waals surface area contributed by atoms with Crippen molar-refractivity contribution in [3.8, 4) is 11.4 Å². The van der Waals surface area contributed by atoms with E-state index in [0.717, 1.165) is 49.5 Å². The molecule has 0 bridgehead atoms. The molecule has 0 fully saturated rings. The Kier molecular flexibility index (Phi) is 3.52. The zero-order chi connectivity index (χ0) is 16.6. The van der Waals surface area contributed by atoms with Gasteiger partial charge in [0.05, 0.1) is 31.4 Å². The highest BCUT2D eigenvalue weighted by Gasteiger charge is 2.20. The van der Waals surface area contributed by atoms with E-state index in [9.17, 15) is 0 Å². The first-order valence-electron chi connectivity index (χ1n) is 8.68. The minimum atomic E-state index is 0.590. The van der Waals surface area contributed by atoms with Gasteiger partial charge < -0.3 is 14.6 Å². The lowest BCUT2D eigenvalue weighted by Crippen LogP contribution is -2.17. The van der Waals surface area contributed by atoms with Crippen LogP contribution < -0.4 is 5.32 Å². The highest BCUT2D eigenvalue weighted by molar-refractivity contribution is 5.69. The first-order valence-corrected chi connectivity index (χ1v) is 8.68. The quantitative estimate of drug-likeness (QED) is 0.791. The molecular formula is C18H19N5O2. The van der Waals surface area contributed by atoms with Crippen LogP contribution in [0.25, 0.3) is 11.4 Å². The fourth-order valence-corrected chi connectivity index (χ4v) is 3.48. The van der Waals surface area contributed by atoms with Gasteiger partial charge in [0.2, 0.25) is 11.7 Å². The third kappa shape index (κ3) is 2.70. The molecule has 1 N–H and O–H groups in total. The summed E-state index contributed by atoms with van der Waals surface area (Å²) in [6.45, 7) is 3.36. The number of anilines is 1. The summed E-state index contributed by atoms with van der Waals surface area (Å²) in [5.74, 6) is 2.18. The van der Waals surface area contributed by atoms with E-state index in [1.807, 2.05) is 4.68 Å². The van der Waals surface area contributed by atoms with Gasteiger partial charge >= 0.3 is 0 Å². The Morgan fingerprint density at radius 3 is 3.24 bits per heavy atom. The zero-order valence-corrected chi connectivity index (χ0v) is 13.9. The lowest BCUT2D eigenvalue weighted by molar-refractivity contribution is 0.110. The Morgan fingerprint density at radius 1 is 1.24 bits per heavy atom. The minimum Gasteiger partial charge on any atom is -0.376 e. The van der Waals surface area contributed by atoms with Crippen LogP contribution in [-0.2, 0) is 30.7 Å². The maximum absolute atomic E-state index is 5.54. The van der Waals surface area contributed by atoms with E-state index in [2.05, 4.69) is 38.8 Å². The Morgan fingerprint density at radius 2 is 2.24 bits per heavy atom. The maximum atomic E-state index is 5.54. The topological polar surface area (TPSA) is 78.0 Å². The van der Waals surface area contributed by atoms with Crippen LogP contribution in [-0.4, -0.2) is 33.1 Å². The van der Waals surface area contributed by atoms with E-state index >= 15 is 0 Å². The van der Waals surface area contributed by atoms with Gasteiger partial charge in [-0.3, -0.25) is 0 Å². The van der Waals surface area contributed by atoms with Crippen molar-refractivity contribution in [3.05, 3.63) is 47.0 Å². The predicted octanol–water partition coefficient (Wildman–Crippen LogP) is 2.41. The van der Waals surface area contributed by atoms with Gasteiger partial charge in [-0.05, 0) is 29.5 Å². The molecule has 0 saturated heterocycles. The molecule has 4 heterocycles. The van der Waals surface area contributed by atoms with Gasteiger partial charge in [0, 0.05) is 13.1 Å². The van der Waals surface area contributed by atoms with Crippen LogP contribution in [0.1, 0.15) is 29.0 Å². The number of aryl methyl sites for hydroxylation is 1. The van der Waals surface area contributed by atoms with Crippen LogP contribution in [0.15, 0.2) is 28.9 Å². The van der Waals surface area contributed by atoms with Gasteiger partial charge in [0.15, 0.2) is 0 Å². The molecule has 0 saturated carbocycles. The third-order valence-electron chi connectivity index (χ3n) is 4.79. The molecule has 3 aromatic rings. The number of nitrogens with one attached hydrogen (secondary N) is 1. The third-order valence-corrected chi connectivity index (χ3v) is 4.79. The molecule has 0 amide bonds. The number of rotatable bonds is 3. The predicted molar refractivity (Wildman–Crippen MR) is 91.2 cm³/mol. The number of ether oxygens (including phenoxy) is 1. The second-order valence-corrected chi connectivity index (χ2v) is 6.50. The molecule has 2 aliphatic heterocycles. The van der Waals surface area contributed by atoms with Crippen LogP contribution in [0.3, 0.4) is 0 Å². The van der Waals surface area contributed by atoms with Gasteiger partial charge in [-0.25, -0.2) is 4.68 Å². The van der Waals surface area contributed by atoms with Gasteiger partial charge in [-0.15, -0.1) is 0 Å². The van der Waals surface area contributed by atoms with Crippen LogP contribution in [0, 0.1) is 0 Å². The fourth-order valence-electron chi connectivity index (χ4n) is 3.48. The van der Waals surface area contributed by atoms with Gasteiger partial charge in [0.25, 0.3) is 0 Å². The summed E-state index contributed by atoms with van der Waals surface area (Å²) in [7, 11) is 0. The summed E-state index contributed by atoms with van der Waals surface area (Å²) in [5.41, 5.74) is 4.69. The highest BCUT2D eigenvalue weighted by Crippen LogP contribution is 2.28. The minimum absolute atomic E-state index is 0.590. The van der Waals surface area contributed by atoms with Crippen LogP contribution in [0.2, 0.25) is 0 Å². The Hall–Kier alpha value is -2.67. The van der Waals surface area contributed by atoms with Gasteiger partial charge in [-0.2, -0.15) is 10.1 Å². The van der Waals surface area contributed by atoms with Crippen molar-refractivity contribution in [3.63, 3.8) is 0 Å². The standard InChI is InChI=1S/C18H19N5O2/c1-5-19-18-15(10-20-23(18)6-1)17-21-16(25-22-17)9-12-2-3-13-4-7-24-11-14(13)8-12/h2-3,8,10,19H,1,4-7,9,11H2. The maximum Gasteiger partial charge on any atom is 0.231 e. The molecule has 0 spiro atoms. The summed E-state index contributed by atoms with van der Waals surface area (Å²) in [6, 6.07) is 6.50. The highest BCUT2D eigenvalue weighted by atomic mass is 16.5. The van der Waals surface area contributed by atoms with E-state index < -0.39 is 0 Å². The van der Waals surface area contributed by atoms with E-state index in [1.54, 1.807) is 6.20 Å². The number of hydrogen-bond donors (Lipinski definition) is 1. The Labute approximate surface area is 145 Å². The van der Waals surface area contributed by atoms with E-state index in [4.69, 9.17) is 9.26 Å². The largest absolute Gasteiger partial charge is 0.376 e. The lowest BCUT2D eigenvalue weighted by atomic mass is 9.99. The van der Waals surface area contributed by atoms with Crippen molar-refractivity contribution < 1.29 is 9.26 Å². The van der Waals surface area contributed by atoms with Gasteiger partial charge in [0.1, 0.15) is 5.82 Å². The number of aromatic nitrogens is 4. The molecule has 0 aliphatic carbocycles. The van der Waals surface area contributed by atoms with Crippen molar-refractivity contribution in [2.45, 2.75) is 32.4 Å². The van der Waals surface area contributed by atoms with E-state index in [0.29, 0.717) is 24.7 Å². The molecule has 0 unspecified atom stereocenters. The summed E-state index contributed by atoms with van der Waals surface area (Å²) in [5, 5.41) is 11.9.